The van der Waals surface area contributed by atoms with Crippen LogP contribution in [-0.2, 0) is 6.42 Å². The van der Waals surface area contributed by atoms with Crippen LogP contribution in [0.15, 0.2) is 22.7 Å². The summed E-state index contributed by atoms with van der Waals surface area (Å²) in [7, 11) is 0. The lowest BCUT2D eigenvalue weighted by Crippen LogP contribution is -2.24. The molecule has 1 unspecified atom stereocenters. The molecule has 1 N–H and O–H groups in total. The molecule has 3 heteroatoms. The highest BCUT2D eigenvalue weighted by molar-refractivity contribution is 9.10. The lowest BCUT2D eigenvalue weighted by Gasteiger charge is -2.13. The van der Waals surface area contributed by atoms with Crippen LogP contribution >= 0.6 is 15.9 Å². The van der Waals surface area contributed by atoms with Gasteiger partial charge in [-0.15, -0.1) is 0 Å². The lowest BCUT2D eigenvalue weighted by atomic mass is 10.0. The molecule has 0 aromatic heterocycles. The minimum Gasteiger partial charge on any atom is -0.314 e. The van der Waals surface area contributed by atoms with Crippen molar-refractivity contribution >= 4 is 15.9 Å². The highest BCUT2D eigenvalue weighted by Gasteiger charge is 2.21. The Morgan fingerprint density at radius 1 is 1.50 bits per heavy atom. The van der Waals surface area contributed by atoms with Crippen LogP contribution in [0.4, 0.5) is 4.39 Å². The van der Waals surface area contributed by atoms with Crippen molar-refractivity contribution in [3.05, 3.63) is 34.1 Å². The van der Waals surface area contributed by atoms with Crippen molar-refractivity contribution in [2.75, 3.05) is 6.54 Å². The zero-order valence-corrected chi connectivity index (χ0v) is 11.1. The molecule has 1 aliphatic rings. The zero-order valence-electron chi connectivity index (χ0n) is 9.47. The summed E-state index contributed by atoms with van der Waals surface area (Å²) in [5.41, 5.74) is 1.06. The van der Waals surface area contributed by atoms with Gasteiger partial charge >= 0.3 is 0 Å². The van der Waals surface area contributed by atoms with Gasteiger partial charge in [0.15, 0.2) is 0 Å². The van der Waals surface area contributed by atoms with Crippen molar-refractivity contribution in [1.29, 1.82) is 0 Å². The van der Waals surface area contributed by atoms with Crippen LogP contribution in [0.1, 0.15) is 25.3 Å². The van der Waals surface area contributed by atoms with Crippen LogP contribution in [0.25, 0.3) is 0 Å². The van der Waals surface area contributed by atoms with Gasteiger partial charge in [0, 0.05) is 6.04 Å². The molecular weight excluding hydrogens is 269 g/mol. The average Bonchev–Trinajstić information content (AvgIpc) is 3.06. The highest BCUT2D eigenvalue weighted by Crippen LogP contribution is 2.23. The second kappa shape index (κ2) is 5.28. The number of rotatable bonds is 5. The summed E-state index contributed by atoms with van der Waals surface area (Å²) in [5.74, 6) is 0.374. The highest BCUT2D eigenvalue weighted by atomic mass is 79.9. The molecule has 0 heterocycles. The molecule has 0 saturated heterocycles. The summed E-state index contributed by atoms with van der Waals surface area (Å²) in [6.45, 7) is 3.22. The van der Waals surface area contributed by atoms with Crippen LogP contribution in [0.5, 0.6) is 0 Å². The van der Waals surface area contributed by atoms with Crippen molar-refractivity contribution in [3.63, 3.8) is 0 Å². The molecule has 1 nitrogen and oxygen atoms in total. The van der Waals surface area contributed by atoms with Crippen LogP contribution in [0.2, 0.25) is 0 Å². The smallest absolute Gasteiger partial charge is 0.137 e. The lowest BCUT2D eigenvalue weighted by molar-refractivity contribution is 0.506. The minimum absolute atomic E-state index is 0.167. The second-order valence-electron chi connectivity index (χ2n) is 4.70. The van der Waals surface area contributed by atoms with Crippen molar-refractivity contribution in [3.8, 4) is 0 Å². The molecule has 0 amide bonds. The molecule has 0 spiro atoms. The third-order valence-corrected chi connectivity index (χ3v) is 3.82. The molecule has 2 rings (SSSR count). The maximum Gasteiger partial charge on any atom is 0.137 e. The summed E-state index contributed by atoms with van der Waals surface area (Å²) in [6, 6.07) is 6.00. The summed E-state index contributed by atoms with van der Waals surface area (Å²) < 4.78 is 13.9. The van der Waals surface area contributed by atoms with Crippen molar-refractivity contribution in [2.45, 2.75) is 32.2 Å². The summed E-state index contributed by atoms with van der Waals surface area (Å²) in [5, 5.41) is 3.50. The molecular formula is C13H17BrFN. The van der Waals surface area contributed by atoms with Gasteiger partial charge in [0.2, 0.25) is 0 Å². The molecule has 88 valence electrons. The largest absolute Gasteiger partial charge is 0.314 e. The van der Waals surface area contributed by atoms with E-state index in [1.807, 2.05) is 6.07 Å². The maximum atomic E-state index is 13.3. The number of halogens is 2. The summed E-state index contributed by atoms with van der Waals surface area (Å²) >= 11 is 3.31. The normalized spacial score (nSPS) is 17.4. The van der Waals surface area contributed by atoms with E-state index in [4.69, 9.17) is 0 Å². The molecule has 0 bridgehead atoms. The number of benzene rings is 1. The van der Waals surface area contributed by atoms with Crippen LogP contribution in [0.3, 0.4) is 0 Å². The molecule has 1 atom stereocenters. The van der Waals surface area contributed by atoms with E-state index in [1.165, 1.54) is 18.9 Å². The molecule has 0 aliphatic heterocycles. The third-order valence-electron chi connectivity index (χ3n) is 2.93. The maximum absolute atomic E-state index is 13.3. The Bertz CT molecular complexity index is 363. The predicted molar refractivity (Wildman–Crippen MR) is 68.0 cm³/mol. The quantitative estimate of drug-likeness (QED) is 0.873. The first-order valence-electron chi connectivity index (χ1n) is 5.83. The SMILES string of the molecule is CC(CNC1CC1)Cc1cccc(F)c1Br. The van der Waals surface area contributed by atoms with Gasteiger partial charge < -0.3 is 5.32 Å². The van der Waals surface area contributed by atoms with E-state index >= 15 is 0 Å². The fraction of sp³-hybridized carbons (Fsp3) is 0.538. The fourth-order valence-electron chi connectivity index (χ4n) is 1.81. The standard InChI is InChI=1S/C13H17BrFN/c1-9(8-16-11-5-6-11)7-10-3-2-4-12(15)13(10)14/h2-4,9,11,16H,5-8H2,1H3. The number of hydrogen-bond donors (Lipinski definition) is 1. The molecule has 1 aliphatic carbocycles. The Morgan fingerprint density at radius 2 is 2.25 bits per heavy atom. The molecule has 1 fully saturated rings. The van der Waals surface area contributed by atoms with E-state index in [9.17, 15) is 4.39 Å². The third kappa shape index (κ3) is 3.29. The predicted octanol–water partition coefficient (Wildman–Crippen LogP) is 3.52. The number of hydrogen-bond acceptors (Lipinski definition) is 1. The van der Waals surface area contributed by atoms with E-state index in [1.54, 1.807) is 6.07 Å². The Labute approximate surface area is 105 Å². The van der Waals surface area contributed by atoms with Gasteiger partial charge in [0.05, 0.1) is 4.47 Å². The second-order valence-corrected chi connectivity index (χ2v) is 5.50. The summed E-state index contributed by atoms with van der Waals surface area (Å²) in [6.07, 6.45) is 3.55. The van der Waals surface area contributed by atoms with Gasteiger partial charge in [-0.3, -0.25) is 0 Å². The van der Waals surface area contributed by atoms with Gasteiger partial charge in [-0.2, -0.15) is 0 Å². The Morgan fingerprint density at radius 3 is 2.94 bits per heavy atom. The first-order chi connectivity index (χ1) is 7.66. The molecule has 1 saturated carbocycles. The molecule has 1 aromatic carbocycles. The van der Waals surface area contributed by atoms with Crippen molar-refractivity contribution in [1.82, 2.24) is 5.32 Å². The first-order valence-corrected chi connectivity index (χ1v) is 6.62. The van der Waals surface area contributed by atoms with E-state index in [0.29, 0.717) is 10.4 Å². The monoisotopic (exact) mass is 285 g/mol. The van der Waals surface area contributed by atoms with Crippen molar-refractivity contribution < 1.29 is 4.39 Å². The average molecular weight is 286 g/mol. The van der Waals surface area contributed by atoms with E-state index < -0.39 is 0 Å². The summed E-state index contributed by atoms with van der Waals surface area (Å²) in [4.78, 5) is 0. The van der Waals surface area contributed by atoms with Crippen LogP contribution < -0.4 is 5.32 Å². The van der Waals surface area contributed by atoms with Gasteiger partial charge in [-0.05, 0) is 59.3 Å². The van der Waals surface area contributed by atoms with E-state index in [0.717, 1.165) is 24.6 Å². The number of nitrogens with one attached hydrogen (secondary N) is 1. The van der Waals surface area contributed by atoms with Crippen LogP contribution in [-0.4, -0.2) is 12.6 Å². The Balaban J connectivity index is 1.88. The van der Waals surface area contributed by atoms with Gasteiger partial charge in [0.25, 0.3) is 0 Å². The topological polar surface area (TPSA) is 12.0 Å². The minimum atomic E-state index is -0.167. The van der Waals surface area contributed by atoms with Gasteiger partial charge in [-0.1, -0.05) is 19.1 Å². The molecule has 16 heavy (non-hydrogen) atoms. The van der Waals surface area contributed by atoms with E-state index in [-0.39, 0.29) is 5.82 Å². The zero-order chi connectivity index (χ0) is 11.5. The first kappa shape index (κ1) is 12.1. The molecule has 0 radical (unpaired) electrons. The van der Waals surface area contributed by atoms with Gasteiger partial charge in [0.1, 0.15) is 5.82 Å². The Hall–Kier alpha value is -0.410. The van der Waals surface area contributed by atoms with E-state index in [2.05, 4.69) is 28.2 Å². The van der Waals surface area contributed by atoms with Gasteiger partial charge in [-0.25, -0.2) is 4.39 Å². The van der Waals surface area contributed by atoms with Crippen LogP contribution in [0, 0.1) is 11.7 Å². The Kier molecular flexibility index (Phi) is 3.98. The fourth-order valence-corrected chi connectivity index (χ4v) is 2.24. The van der Waals surface area contributed by atoms with Crippen molar-refractivity contribution in [2.24, 2.45) is 5.92 Å². The molecule has 1 aromatic rings.